The smallest absolute Gasteiger partial charge is 0.0786 e. The summed E-state index contributed by atoms with van der Waals surface area (Å²) in [6.07, 6.45) is 12.5. The third-order valence-electron chi connectivity index (χ3n) is 12.9. The number of carboxylic acid groups (broad SMARTS) is 1. The minimum atomic E-state index is -1.13. The predicted molar refractivity (Wildman–Crippen MR) is 251 cm³/mol. The molecule has 2 aliphatic carbocycles. The van der Waals surface area contributed by atoms with Crippen molar-refractivity contribution in [2.45, 2.75) is 103 Å². The second-order valence-electron chi connectivity index (χ2n) is 17.0. The van der Waals surface area contributed by atoms with Crippen LogP contribution in [0.4, 0.5) is 0 Å². The van der Waals surface area contributed by atoms with Crippen LogP contribution in [0.3, 0.4) is 0 Å². The van der Waals surface area contributed by atoms with Crippen LogP contribution in [0, 0.1) is 0 Å². The molecule has 3 heteroatoms. The summed E-state index contributed by atoms with van der Waals surface area (Å²) in [5.41, 5.74) is 10.6. The van der Waals surface area contributed by atoms with Crippen LogP contribution in [0.15, 0.2) is 158 Å². The van der Waals surface area contributed by atoms with Crippen molar-refractivity contribution < 1.29 is 14.4 Å². The average molecular weight is 798 g/mol. The molecule has 0 aliphatic heterocycles. The molecule has 3 nitrogen and oxygen atoms in total. The number of nitrogens with zero attached hydrogens (tertiary/aromatic N) is 1. The zero-order valence-corrected chi connectivity index (χ0v) is 36.8. The zero-order valence-electron chi connectivity index (χ0n) is 36.8. The van der Waals surface area contributed by atoms with E-state index in [1.165, 1.54) is 110 Å². The van der Waals surface area contributed by atoms with Gasteiger partial charge in [-0.15, -0.1) is 0 Å². The number of fused-ring (bicyclic) bond motifs is 6. The van der Waals surface area contributed by atoms with Gasteiger partial charge < -0.3 is 14.4 Å². The summed E-state index contributed by atoms with van der Waals surface area (Å²) in [7, 11) is 0. The number of benzene rings is 6. The number of aliphatic carboxylic acids is 1. The van der Waals surface area contributed by atoms with E-state index in [4.69, 9.17) is 0 Å². The number of rotatable bonds is 17. The molecule has 0 saturated carbocycles. The molecule has 0 amide bonds. The maximum absolute atomic E-state index is 12.3. The second kappa shape index (κ2) is 21.8. The van der Waals surface area contributed by atoms with Gasteiger partial charge in [0.2, 0.25) is 0 Å². The van der Waals surface area contributed by atoms with Crippen LogP contribution in [0.1, 0.15) is 118 Å². The van der Waals surface area contributed by atoms with Gasteiger partial charge in [0, 0.05) is 5.92 Å². The Morgan fingerprint density at radius 1 is 0.467 bits per heavy atom. The molecule has 0 atom stereocenters. The third-order valence-corrected chi connectivity index (χ3v) is 12.9. The summed E-state index contributed by atoms with van der Waals surface area (Å²) in [5.74, 6) is -0.552. The fourth-order valence-electron chi connectivity index (χ4n) is 9.68. The number of hydrogen-bond acceptors (Lipinski definition) is 2. The fourth-order valence-corrected chi connectivity index (χ4v) is 9.68. The summed E-state index contributed by atoms with van der Waals surface area (Å²) in [5, 5.41) is 12.3. The molecule has 0 bridgehead atoms. The van der Waals surface area contributed by atoms with Crippen LogP contribution >= 0.6 is 0 Å². The van der Waals surface area contributed by atoms with Crippen molar-refractivity contribution in [1.82, 2.24) is 0 Å². The first-order valence-corrected chi connectivity index (χ1v) is 22.9. The molecule has 2 aliphatic rings. The SMILES string of the molecule is CCCC[N+](CCCC)(CCCC)CCCC.O=C([O-])C1(Cc2ccccc2)c2ccccc2-c2ccccc21.c1ccc(CC2c3ccccc3-c3ccccc32)cc1. The Morgan fingerprint density at radius 2 is 0.817 bits per heavy atom. The van der Waals surface area contributed by atoms with Crippen LogP contribution in [-0.4, -0.2) is 36.6 Å². The lowest BCUT2D eigenvalue weighted by Gasteiger charge is -2.39. The van der Waals surface area contributed by atoms with E-state index >= 15 is 0 Å². The quantitative estimate of drug-likeness (QED) is 0.0863. The van der Waals surface area contributed by atoms with E-state index in [2.05, 4.69) is 107 Å². The number of quaternary nitrogens is 1. The van der Waals surface area contributed by atoms with Gasteiger partial charge in [0.25, 0.3) is 0 Å². The van der Waals surface area contributed by atoms with E-state index in [1.807, 2.05) is 78.9 Å². The average Bonchev–Trinajstić information content (AvgIpc) is 3.77. The molecule has 6 aromatic rings. The predicted octanol–water partition coefficient (Wildman–Crippen LogP) is 13.0. The zero-order chi connectivity index (χ0) is 42.2. The topological polar surface area (TPSA) is 40.1 Å². The van der Waals surface area contributed by atoms with E-state index in [0.717, 1.165) is 34.2 Å². The molecule has 0 radical (unpaired) electrons. The molecule has 0 saturated heterocycles. The molecular weight excluding hydrogens is 731 g/mol. The number of carbonyl (C=O) groups is 1. The second-order valence-corrected chi connectivity index (χ2v) is 17.0. The Morgan fingerprint density at radius 3 is 1.22 bits per heavy atom. The highest BCUT2D eigenvalue weighted by atomic mass is 16.4. The third kappa shape index (κ3) is 10.2. The Kier molecular flexibility index (Phi) is 16.1. The van der Waals surface area contributed by atoms with Crippen LogP contribution in [-0.2, 0) is 23.1 Å². The lowest BCUT2D eigenvalue weighted by molar-refractivity contribution is -0.929. The van der Waals surface area contributed by atoms with Gasteiger partial charge in [-0.05, 0) is 94.2 Å². The van der Waals surface area contributed by atoms with Crippen molar-refractivity contribution in [3.63, 3.8) is 0 Å². The molecule has 0 N–H and O–H groups in total. The molecule has 0 heterocycles. The summed E-state index contributed by atoms with van der Waals surface area (Å²) in [6, 6.07) is 53.7. The summed E-state index contributed by atoms with van der Waals surface area (Å²) in [6.45, 7) is 15.0. The highest BCUT2D eigenvalue weighted by Gasteiger charge is 2.44. The molecule has 0 unspecified atom stereocenters. The summed E-state index contributed by atoms with van der Waals surface area (Å²) < 4.78 is 1.42. The van der Waals surface area contributed by atoms with Gasteiger partial charge in [0.05, 0.1) is 37.6 Å². The Balaban J connectivity index is 0.000000153. The van der Waals surface area contributed by atoms with Gasteiger partial charge >= 0.3 is 0 Å². The van der Waals surface area contributed by atoms with E-state index < -0.39 is 11.4 Å². The molecule has 60 heavy (non-hydrogen) atoms. The maximum atomic E-state index is 12.3. The first-order chi connectivity index (χ1) is 29.4. The summed E-state index contributed by atoms with van der Waals surface area (Å²) >= 11 is 0. The molecule has 0 aromatic heterocycles. The van der Waals surface area contributed by atoms with Crippen LogP contribution in [0.5, 0.6) is 0 Å². The molecule has 0 fully saturated rings. The standard InChI is InChI=1S/C21H16O2.C20H16.C16H36N/c22-20(23)21(14-15-8-2-1-3-9-15)18-12-6-4-10-16(18)17-11-5-7-13-19(17)21;1-2-8-15(9-3-1)14-20-18-12-6-4-10-16(18)17-11-5-7-13-19(17)20;1-5-9-13-17(14-10-6-2,15-11-7-3)16-12-8-4/h1-13H,14H2,(H,22,23);1-13,20H,14H2;5-16H2,1-4H3/q;;+1/p-1. The van der Waals surface area contributed by atoms with Crippen molar-refractivity contribution >= 4 is 5.97 Å². The van der Waals surface area contributed by atoms with E-state index in [-0.39, 0.29) is 0 Å². The largest absolute Gasteiger partial charge is 0.549 e. The van der Waals surface area contributed by atoms with Crippen molar-refractivity contribution in [2.75, 3.05) is 26.2 Å². The number of unbranched alkanes of at least 4 members (excludes halogenated alkanes) is 4. The Bertz CT molecular complexity index is 2100. The van der Waals surface area contributed by atoms with Crippen LogP contribution in [0.2, 0.25) is 0 Å². The number of hydrogen-bond donors (Lipinski definition) is 0. The first-order valence-electron chi connectivity index (χ1n) is 22.9. The molecule has 6 aromatic carbocycles. The van der Waals surface area contributed by atoms with Crippen LogP contribution < -0.4 is 5.11 Å². The maximum Gasteiger partial charge on any atom is 0.0786 e. The highest BCUT2D eigenvalue weighted by molar-refractivity contribution is 5.96. The molecule has 0 spiro atoms. The lowest BCUT2D eigenvalue weighted by atomic mass is 9.73. The van der Waals surface area contributed by atoms with Gasteiger partial charge in [-0.1, -0.05) is 211 Å². The van der Waals surface area contributed by atoms with Gasteiger partial charge in [0.15, 0.2) is 0 Å². The van der Waals surface area contributed by atoms with Crippen molar-refractivity contribution in [3.8, 4) is 22.3 Å². The number of carboxylic acids is 1. The minimum absolute atomic E-state index is 0.393. The van der Waals surface area contributed by atoms with Gasteiger partial charge in [-0.25, -0.2) is 0 Å². The van der Waals surface area contributed by atoms with Crippen molar-refractivity contribution in [1.29, 1.82) is 0 Å². The van der Waals surface area contributed by atoms with Gasteiger partial charge in [0.1, 0.15) is 0 Å². The van der Waals surface area contributed by atoms with Crippen molar-refractivity contribution in [2.24, 2.45) is 0 Å². The van der Waals surface area contributed by atoms with E-state index in [9.17, 15) is 9.90 Å². The molecule has 312 valence electrons. The fraction of sp³-hybridized carbons (Fsp3) is 0.351. The Labute approximate surface area is 361 Å². The Hall–Kier alpha value is -5.25. The molecule has 8 rings (SSSR count). The van der Waals surface area contributed by atoms with E-state index in [0.29, 0.717) is 12.3 Å². The van der Waals surface area contributed by atoms with Gasteiger partial charge in [-0.3, -0.25) is 0 Å². The molecular formula is C57H67NO2. The van der Waals surface area contributed by atoms with Gasteiger partial charge in [-0.2, -0.15) is 0 Å². The summed E-state index contributed by atoms with van der Waals surface area (Å²) in [4.78, 5) is 12.3. The minimum Gasteiger partial charge on any atom is -0.549 e. The lowest BCUT2D eigenvalue weighted by Crippen LogP contribution is -2.50. The normalized spacial score (nSPS) is 13.1. The number of carbonyl (C=O) groups excluding carboxylic acids is 1. The van der Waals surface area contributed by atoms with Crippen LogP contribution in [0.25, 0.3) is 22.3 Å². The highest BCUT2D eigenvalue weighted by Crippen LogP contribution is 2.50. The van der Waals surface area contributed by atoms with Crippen molar-refractivity contribution in [3.05, 3.63) is 191 Å². The first kappa shape index (κ1) is 44.3. The van der Waals surface area contributed by atoms with E-state index in [1.54, 1.807) is 0 Å². The monoisotopic (exact) mass is 798 g/mol.